The second-order valence-electron chi connectivity index (χ2n) is 3.76. The molecule has 0 aromatic carbocycles. The maximum absolute atomic E-state index is 10.7. The molecule has 9 nitrogen and oxygen atoms in total. The summed E-state index contributed by atoms with van der Waals surface area (Å²) in [5, 5.41) is 19.4. The van der Waals surface area contributed by atoms with E-state index in [1.54, 1.807) is 17.8 Å². The number of aliphatic hydroxyl groups is 1. The smallest absolute Gasteiger partial charge is 0.342 e. The molecule has 0 unspecified atom stereocenters. The summed E-state index contributed by atoms with van der Waals surface area (Å²) in [6, 6.07) is 0. The highest BCUT2D eigenvalue weighted by Crippen LogP contribution is 2.32. The van der Waals surface area contributed by atoms with Crippen molar-refractivity contribution in [2.45, 2.75) is 6.42 Å². The fourth-order valence-corrected chi connectivity index (χ4v) is 2.35. The molecule has 1 aliphatic heterocycles. The van der Waals surface area contributed by atoms with E-state index in [1.165, 1.54) is 22.7 Å². The Bertz CT molecular complexity index is 502. The normalized spacial score (nSPS) is 15.4. The Morgan fingerprint density at radius 1 is 1.68 bits per heavy atom. The first kappa shape index (κ1) is 13.8. The van der Waals surface area contributed by atoms with Crippen molar-refractivity contribution in [1.29, 1.82) is 0 Å². The van der Waals surface area contributed by atoms with Gasteiger partial charge < -0.3 is 20.6 Å². The largest absolute Gasteiger partial charge is 0.396 e. The van der Waals surface area contributed by atoms with Crippen molar-refractivity contribution in [1.82, 2.24) is 24.9 Å². The second-order valence-corrected chi connectivity index (χ2v) is 4.75. The van der Waals surface area contributed by atoms with Gasteiger partial charge in [0.25, 0.3) is 0 Å². The highest BCUT2D eigenvalue weighted by Gasteiger charge is 2.25. The summed E-state index contributed by atoms with van der Waals surface area (Å²) in [4.78, 5) is 15.1. The molecule has 0 atom stereocenters. The van der Waals surface area contributed by atoms with Crippen LogP contribution in [0.1, 0.15) is 12.2 Å². The lowest BCUT2D eigenvalue weighted by Gasteiger charge is -2.15. The molecule has 0 aliphatic carbocycles. The number of nitro groups is 1. The molecule has 0 amide bonds. The van der Waals surface area contributed by atoms with Gasteiger partial charge in [0.1, 0.15) is 11.1 Å². The minimum Gasteiger partial charge on any atom is -0.396 e. The van der Waals surface area contributed by atoms with Gasteiger partial charge in [-0.2, -0.15) is 0 Å². The van der Waals surface area contributed by atoms with Gasteiger partial charge in [-0.25, -0.2) is 15.0 Å². The van der Waals surface area contributed by atoms with Crippen LogP contribution in [0.15, 0.2) is 12.4 Å². The highest BCUT2D eigenvalue weighted by molar-refractivity contribution is 8.06. The molecule has 0 saturated heterocycles. The fourth-order valence-electron chi connectivity index (χ4n) is 1.51. The first-order valence-electron chi connectivity index (χ1n) is 5.58. The Morgan fingerprint density at radius 3 is 3.11 bits per heavy atom. The van der Waals surface area contributed by atoms with Gasteiger partial charge >= 0.3 is 5.82 Å². The number of hydrogen-bond donors (Lipinski definition) is 3. The lowest BCUT2D eigenvalue weighted by Crippen LogP contribution is -2.38. The zero-order chi connectivity index (χ0) is 13.8. The van der Waals surface area contributed by atoms with Crippen molar-refractivity contribution in [2.75, 3.05) is 13.2 Å². The van der Waals surface area contributed by atoms with Crippen LogP contribution in [-0.2, 0) is 7.05 Å². The Labute approximate surface area is 113 Å². The summed E-state index contributed by atoms with van der Waals surface area (Å²) in [6.45, 7) is 0.746. The Hall–Kier alpha value is -1.62. The van der Waals surface area contributed by atoms with Crippen LogP contribution in [0, 0.1) is 10.1 Å². The summed E-state index contributed by atoms with van der Waals surface area (Å²) >= 11 is 1.34. The topological polar surface area (TPSA) is 108 Å². The molecule has 0 saturated carbocycles. The van der Waals surface area contributed by atoms with E-state index in [4.69, 9.17) is 5.11 Å². The molecule has 0 spiro atoms. The third-order valence-corrected chi connectivity index (χ3v) is 3.38. The van der Waals surface area contributed by atoms with E-state index in [1.807, 2.05) is 0 Å². The van der Waals surface area contributed by atoms with Crippen LogP contribution < -0.4 is 10.9 Å². The van der Waals surface area contributed by atoms with Gasteiger partial charge in [0.05, 0.1) is 7.05 Å². The highest BCUT2D eigenvalue weighted by atomic mass is 32.2. The van der Waals surface area contributed by atoms with E-state index >= 15 is 0 Å². The Balaban J connectivity index is 1.99. The summed E-state index contributed by atoms with van der Waals surface area (Å²) < 4.78 is 3.09. The van der Waals surface area contributed by atoms with Crippen molar-refractivity contribution in [2.24, 2.45) is 7.05 Å². The minimum atomic E-state index is -0.471. The SMILES string of the molecule is Cn1c([N+](=O)[O-])cnc1C1=CNN(NCCCO)S1. The average Bonchev–Trinajstić information content (AvgIpc) is 2.96. The first-order chi connectivity index (χ1) is 9.13. The van der Waals surface area contributed by atoms with E-state index < -0.39 is 4.92 Å². The molecule has 1 aromatic heterocycles. The first-order valence-corrected chi connectivity index (χ1v) is 6.36. The monoisotopic (exact) mass is 286 g/mol. The number of aromatic nitrogens is 2. The summed E-state index contributed by atoms with van der Waals surface area (Å²) in [5.74, 6) is 0.471. The van der Waals surface area contributed by atoms with Crippen LogP contribution in [0.5, 0.6) is 0 Å². The molecular weight excluding hydrogens is 272 g/mol. The van der Waals surface area contributed by atoms with Gasteiger partial charge in [-0.15, -0.1) is 0 Å². The van der Waals surface area contributed by atoms with Gasteiger partial charge in [-0.1, -0.05) is 4.52 Å². The number of nitrogens with one attached hydrogen (secondary N) is 2. The van der Waals surface area contributed by atoms with Crippen molar-refractivity contribution in [3.63, 3.8) is 0 Å². The molecule has 104 valence electrons. The van der Waals surface area contributed by atoms with Crippen LogP contribution in [0.4, 0.5) is 5.82 Å². The summed E-state index contributed by atoms with van der Waals surface area (Å²) in [5.41, 5.74) is 5.98. The van der Waals surface area contributed by atoms with Crippen molar-refractivity contribution < 1.29 is 10.0 Å². The van der Waals surface area contributed by atoms with E-state index in [0.29, 0.717) is 18.8 Å². The van der Waals surface area contributed by atoms with Crippen LogP contribution >= 0.6 is 11.9 Å². The molecule has 19 heavy (non-hydrogen) atoms. The van der Waals surface area contributed by atoms with Gasteiger partial charge in [-0.3, -0.25) is 0 Å². The van der Waals surface area contributed by atoms with E-state index in [9.17, 15) is 10.1 Å². The lowest BCUT2D eigenvalue weighted by atomic mass is 10.5. The number of hydrogen-bond acceptors (Lipinski definition) is 8. The van der Waals surface area contributed by atoms with Crippen molar-refractivity contribution in [3.8, 4) is 0 Å². The number of nitrogens with zero attached hydrogens (tertiary/aromatic N) is 4. The number of rotatable bonds is 6. The molecule has 2 rings (SSSR count). The van der Waals surface area contributed by atoms with Gasteiger partial charge in [0, 0.05) is 31.3 Å². The van der Waals surface area contributed by atoms with Crippen LogP contribution in [0.2, 0.25) is 0 Å². The maximum Gasteiger partial charge on any atom is 0.342 e. The fraction of sp³-hybridized carbons (Fsp3) is 0.444. The molecular formula is C9H14N6O3S. The van der Waals surface area contributed by atoms with Crippen molar-refractivity contribution >= 4 is 22.7 Å². The summed E-state index contributed by atoms with van der Waals surface area (Å²) in [7, 11) is 1.60. The van der Waals surface area contributed by atoms with Crippen molar-refractivity contribution in [3.05, 3.63) is 28.3 Å². The van der Waals surface area contributed by atoms with E-state index in [-0.39, 0.29) is 12.4 Å². The third kappa shape index (κ3) is 3.04. The third-order valence-electron chi connectivity index (χ3n) is 2.46. The van der Waals surface area contributed by atoms with Crippen LogP contribution in [0.25, 0.3) is 4.91 Å². The molecule has 1 aliphatic rings. The molecule has 0 radical (unpaired) electrons. The number of aliphatic hydroxyl groups excluding tert-OH is 1. The lowest BCUT2D eigenvalue weighted by molar-refractivity contribution is -0.391. The predicted molar refractivity (Wildman–Crippen MR) is 70.1 cm³/mol. The van der Waals surface area contributed by atoms with Crippen LogP contribution in [-0.4, -0.2) is 37.3 Å². The minimum absolute atomic E-state index is 0.0526. The van der Waals surface area contributed by atoms with Gasteiger partial charge in [0.15, 0.2) is 0 Å². The summed E-state index contributed by atoms with van der Waals surface area (Å²) in [6.07, 6.45) is 3.59. The molecule has 2 heterocycles. The van der Waals surface area contributed by atoms with E-state index in [2.05, 4.69) is 15.8 Å². The number of imidazole rings is 1. The second kappa shape index (κ2) is 6.02. The Kier molecular flexibility index (Phi) is 4.37. The molecule has 0 bridgehead atoms. The molecule has 10 heteroatoms. The number of hydrazine groups is 2. The zero-order valence-corrected chi connectivity index (χ0v) is 11.1. The maximum atomic E-state index is 10.7. The predicted octanol–water partition coefficient (Wildman–Crippen LogP) is -0.0179. The standard InChI is InChI=1S/C9H14N6O3S/c1-13-8(14(17)18)6-10-9(13)7-5-12-15(19-7)11-3-2-4-16/h5-6,11-12,16H,2-4H2,1H3. The molecule has 0 fully saturated rings. The molecule has 1 aromatic rings. The van der Waals surface area contributed by atoms with E-state index in [0.717, 1.165) is 4.91 Å². The zero-order valence-electron chi connectivity index (χ0n) is 10.2. The Morgan fingerprint density at radius 2 is 2.47 bits per heavy atom. The van der Waals surface area contributed by atoms with Gasteiger partial charge in [0.2, 0.25) is 5.82 Å². The average molecular weight is 286 g/mol. The van der Waals surface area contributed by atoms with Crippen LogP contribution in [0.3, 0.4) is 0 Å². The molecule has 3 N–H and O–H groups in total. The quantitative estimate of drug-likeness (QED) is 0.290. The van der Waals surface area contributed by atoms with Gasteiger partial charge in [-0.05, 0) is 11.3 Å².